The molecule has 1 aromatic carbocycles. The normalized spacial score (nSPS) is 10.3. The molecule has 1 aromatic heterocycles. The summed E-state index contributed by atoms with van der Waals surface area (Å²) in [5.41, 5.74) is -0.0255. The number of aromatic nitrogens is 1. The quantitative estimate of drug-likeness (QED) is 0.512. The molecule has 0 aliphatic heterocycles. The van der Waals surface area contributed by atoms with Crippen molar-refractivity contribution in [2.75, 3.05) is 0 Å². The number of aromatic carboxylic acids is 1. The molecule has 108 valence electrons. The van der Waals surface area contributed by atoms with Crippen LogP contribution in [0.5, 0.6) is 0 Å². The van der Waals surface area contributed by atoms with Gasteiger partial charge in [0.2, 0.25) is 0 Å². The Labute approximate surface area is 128 Å². The fourth-order valence-electron chi connectivity index (χ4n) is 1.59. The number of carbonyl (C=O) groups is 1. The number of rotatable bonds is 5. The second kappa shape index (κ2) is 6.55. The highest BCUT2D eigenvalue weighted by Gasteiger charge is 2.21. The molecule has 0 fully saturated rings. The Kier molecular flexibility index (Phi) is 4.77. The molecule has 8 heteroatoms. The minimum Gasteiger partial charge on any atom is -0.477 e. The van der Waals surface area contributed by atoms with Crippen molar-refractivity contribution in [1.29, 1.82) is 0 Å². The van der Waals surface area contributed by atoms with Crippen LogP contribution in [0, 0.1) is 10.1 Å². The predicted molar refractivity (Wildman–Crippen MR) is 78.9 cm³/mol. The smallest absolute Gasteiger partial charge is 0.342 e. The van der Waals surface area contributed by atoms with E-state index in [2.05, 4.69) is 4.98 Å². The van der Waals surface area contributed by atoms with E-state index in [4.69, 9.17) is 16.7 Å². The summed E-state index contributed by atoms with van der Waals surface area (Å²) in [6, 6.07) is 8.45. The average molecular weight is 325 g/mol. The van der Waals surface area contributed by atoms with Gasteiger partial charge >= 0.3 is 11.7 Å². The van der Waals surface area contributed by atoms with Gasteiger partial charge in [-0.2, -0.15) is 0 Å². The van der Waals surface area contributed by atoms with Gasteiger partial charge in [0.05, 0.1) is 9.95 Å². The maximum Gasteiger partial charge on any atom is 0.342 e. The number of thioether (sulfide) groups is 1. The predicted octanol–water partition coefficient (Wildman–Crippen LogP) is 3.63. The molecule has 0 aliphatic carbocycles. The summed E-state index contributed by atoms with van der Waals surface area (Å²) in [5.74, 6) is -0.868. The van der Waals surface area contributed by atoms with Crippen molar-refractivity contribution < 1.29 is 14.8 Å². The summed E-state index contributed by atoms with van der Waals surface area (Å²) in [7, 11) is 0. The summed E-state index contributed by atoms with van der Waals surface area (Å²) >= 11 is 7.28. The van der Waals surface area contributed by atoms with Crippen molar-refractivity contribution in [1.82, 2.24) is 4.98 Å². The summed E-state index contributed by atoms with van der Waals surface area (Å²) in [6.45, 7) is 0. The third-order valence-corrected chi connectivity index (χ3v) is 3.96. The van der Waals surface area contributed by atoms with E-state index in [0.717, 1.165) is 11.8 Å². The molecule has 0 bridgehead atoms. The van der Waals surface area contributed by atoms with Crippen molar-refractivity contribution in [2.45, 2.75) is 10.8 Å². The van der Waals surface area contributed by atoms with Crippen LogP contribution in [-0.2, 0) is 5.75 Å². The van der Waals surface area contributed by atoms with Gasteiger partial charge in [0, 0.05) is 10.8 Å². The van der Waals surface area contributed by atoms with Crippen molar-refractivity contribution in [3.63, 3.8) is 0 Å². The number of pyridine rings is 1. The van der Waals surface area contributed by atoms with E-state index in [1.54, 1.807) is 6.07 Å². The minimum absolute atomic E-state index is 0.378. The van der Waals surface area contributed by atoms with Gasteiger partial charge in [0.15, 0.2) is 0 Å². The first kappa shape index (κ1) is 15.3. The standard InChI is InChI=1S/C13H9ClN2O4S/c14-10-4-2-1-3-8(10)7-21-12-5-9(13(17)18)11(6-15-12)16(19)20/h1-6H,7H2,(H,17,18). The van der Waals surface area contributed by atoms with Crippen molar-refractivity contribution in [3.05, 3.63) is 62.8 Å². The van der Waals surface area contributed by atoms with Crippen LogP contribution < -0.4 is 0 Å². The van der Waals surface area contributed by atoms with Crippen LogP contribution in [-0.4, -0.2) is 21.0 Å². The molecular formula is C13H9ClN2O4S. The van der Waals surface area contributed by atoms with Crippen LogP contribution >= 0.6 is 23.4 Å². The maximum absolute atomic E-state index is 11.0. The highest BCUT2D eigenvalue weighted by atomic mass is 35.5. The van der Waals surface area contributed by atoms with Crippen molar-refractivity contribution in [3.8, 4) is 0 Å². The van der Waals surface area contributed by atoms with E-state index in [1.807, 2.05) is 18.2 Å². The monoisotopic (exact) mass is 324 g/mol. The number of nitro groups is 1. The molecule has 6 nitrogen and oxygen atoms in total. The molecule has 0 spiro atoms. The van der Waals surface area contributed by atoms with Gasteiger partial charge in [-0.05, 0) is 17.7 Å². The topological polar surface area (TPSA) is 93.3 Å². The summed E-state index contributed by atoms with van der Waals surface area (Å²) in [5, 5.41) is 20.7. The van der Waals surface area contributed by atoms with E-state index in [0.29, 0.717) is 15.8 Å². The van der Waals surface area contributed by atoms with E-state index in [1.165, 1.54) is 17.8 Å². The molecule has 0 unspecified atom stereocenters. The second-order valence-corrected chi connectivity index (χ2v) is 5.38. The van der Waals surface area contributed by atoms with Crippen LogP contribution in [0.2, 0.25) is 5.02 Å². The van der Waals surface area contributed by atoms with Crippen LogP contribution in [0.1, 0.15) is 15.9 Å². The third kappa shape index (κ3) is 3.71. The fraction of sp³-hybridized carbons (Fsp3) is 0.0769. The van der Waals surface area contributed by atoms with Gasteiger partial charge < -0.3 is 5.11 Å². The Morgan fingerprint density at radius 2 is 2.14 bits per heavy atom. The SMILES string of the molecule is O=C(O)c1cc(SCc2ccccc2Cl)ncc1[N+](=O)[O-]. The molecule has 0 radical (unpaired) electrons. The van der Waals surface area contributed by atoms with Crippen LogP contribution in [0.3, 0.4) is 0 Å². The molecule has 0 saturated heterocycles. The number of carboxylic acids is 1. The lowest BCUT2D eigenvalue weighted by molar-refractivity contribution is -0.385. The third-order valence-electron chi connectivity index (χ3n) is 2.62. The Balaban J connectivity index is 2.22. The molecule has 21 heavy (non-hydrogen) atoms. The summed E-state index contributed by atoms with van der Waals surface area (Å²) in [6.07, 6.45) is 0.957. The average Bonchev–Trinajstić information content (AvgIpc) is 2.46. The van der Waals surface area contributed by atoms with E-state index in [9.17, 15) is 14.9 Å². The number of hydrogen-bond donors (Lipinski definition) is 1. The number of benzene rings is 1. The van der Waals surface area contributed by atoms with Crippen LogP contribution in [0.15, 0.2) is 41.6 Å². The van der Waals surface area contributed by atoms with Gasteiger partial charge in [-0.3, -0.25) is 10.1 Å². The first-order valence-corrected chi connectivity index (χ1v) is 7.09. The van der Waals surface area contributed by atoms with E-state index in [-0.39, 0.29) is 5.56 Å². The molecule has 2 rings (SSSR count). The Morgan fingerprint density at radius 1 is 1.43 bits per heavy atom. The number of nitrogens with zero attached hydrogens (tertiary/aromatic N) is 2. The molecule has 0 aliphatic rings. The Hall–Kier alpha value is -2.12. The first-order chi connectivity index (χ1) is 9.99. The zero-order chi connectivity index (χ0) is 15.4. The van der Waals surface area contributed by atoms with Gasteiger partial charge in [-0.15, -0.1) is 11.8 Å². The maximum atomic E-state index is 11.0. The number of halogens is 1. The van der Waals surface area contributed by atoms with E-state index >= 15 is 0 Å². The number of hydrogen-bond acceptors (Lipinski definition) is 5. The van der Waals surface area contributed by atoms with Gasteiger partial charge in [0.1, 0.15) is 11.8 Å². The highest BCUT2D eigenvalue weighted by molar-refractivity contribution is 7.98. The largest absolute Gasteiger partial charge is 0.477 e. The van der Waals surface area contributed by atoms with Crippen LogP contribution in [0.25, 0.3) is 0 Å². The zero-order valence-electron chi connectivity index (χ0n) is 10.5. The molecule has 1 heterocycles. The fourth-order valence-corrected chi connectivity index (χ4v) is 2.76. The van der Waals surface area contributed by atoms with Gasteiger partial charge in [-0.1, -0.05) is 29.8 Å². The molecule has 2 aromatic rings. The lowest BCUT2D eigenvalue weighted by Crippen LogP contribution is -2.03. The second-order valence-electron chi connectivity index (χ2n) is 3.98. The van der Waals surface area contributed by atoms with Crippen molar-refractivity contribution in [2.24, 2.45) is 0 Å². The van der Waals surface area contributed by atoms with Gasteiger partial charge in [-0.25, -0.2) is 9.78 Å². The molecule has 0 amide bonds. The van der Waals surface area contributed by atoms with Gasteiger partial charge in [0.25, 0.3) is 0 Å². The molecule has 0 saturated carbocycles. The number of carboxylic acid groups (broad SMARTS) is 1. The molecule has 1 N–H and O–H groups in total. The lowest BCUT2D eigenvalue weighted by atomic mass is 10.2. The lowest BCUT2D eigenvalue weighted by Gasteiger charge is -2.04. The molecular weight excluding hydrogens is 316 g/mol. The van der Waals surface area contributed by atoms with E-state index < -0.39 is 16.6 Å². The Morgan fingerprint density at radius 3 is 2.76 bits per heavy atom. The Bertz CT molecular complexity index is 708. The highest BCUT2D eigenvalue weighted by Crippen LogP contribution is 2.28. The molecule has 0 atom stereocenters. The van der Waals surface area contributed by atoms with Crippen LogP contribution in [0.4, 0.5) is 5.69 Å². The summed E-state index contributed by atoms with van der Waals surface area (Å²) in [4.78, 5) is 24.9. The van der Waals surface area contributed by atoms with Crippen molar-refractivity contribution >= 4 is 35.0 Å². The zero-order valence-corrected chi connectivity index (χ0v) is 12.1. The minimum atomic E-state index is -1.36. The first-order valence-electron chi connectivity index (χ1n) is 5.73. The summed E-state index contributed by atoms with van der Waals surface area (Å²) < 4.78 is 0.